The van der Waals surface area contributed by atoms with Gasteiger partial charge in [-0.15, -0.1) is 0 Å². The van der Waals surface area contributed by atoms with Crippen molar-refractivity contribution >= 4 is 5.91 Å². The molecule has 0 bridgehead atoms. The molecule has 17 heavy (non-hydrogen) atoms. The van der Waals surface area contributed by atoms with Crippen LogP contribution in [-0.4, -0.2) is 31.8 Å². The van der Waals surface area contributed by atoms with Crippen LogP contribution in [0, 0.1) is 6.92 Å². The minimum absolute atomic E-state index is 0.0134. The number of aryl methyl sites for hydroxylation is 1. The Labute approximate surface area is 95.7 Å². The third-order valence-electron chi connectivity index (χ3n) is 1.90. The van der Waals surface area contributed by atoms with Gasteiger partial charge in [0.1, 0.15) is 12.4 Å². The zero-order valence-electron chi connectivity index (χ0n) is 9.13. The molecular formula is C10H12F3NO3. The van der Waals surface area contributed by atoms with Gasteiger partial charge >= 0.3 is 6.18 Å². The van der Waals surface area contributed by atoms with E-state index in [1.54, 1.807) is 6.92 Å². The maximum Gasteiger partial charge on any atom is 0.411 e. The Morgan fingerprint density at radius 3 is 2.76 bits per heavy atom. The number of carbonyl (C=O) groups excluding carboxylic acids is 1. The van der Waals surface area contributed by atoms with Crippen LogP contribution in [0.2, 0.25) is 0 Å². The lowest BCUT2D eigenvalue weighted by Crippen LogP contribution is -2.29. The molecule has 0 saturated heterocycles. The molecule has 1 rings (SSSR count). The topological polar surface area (TPSA) is 51.5 Å². The standard InChI is InChI=1S/C10H12F3NO3/c1-7-8(2-4-17-7)9(15)14-3-5-16-6-10(11,12)13/h2,4H,3,5-6H2,1H3,(H,14,15). The van der Waals surface area contributed by atoms with Crippen molar-refractivity contribution in [2.24, 2.45) is 0 Å². The van der Waals surface area contributed by atoms with Gasteiger partial charge in [0.05, 0.1) is 18.4 Å². The third kappa shape index (κ3) is 4.90. The predicted octanol–water partition coefficient (Wildman–Crippen LogP) is 1.90. The largest absolute Gasteiger partial charge is 0.469 e. The lowest BCUT2D eigenvalue weighted by molar-refractivity contribution is -0.173. The molecular weight excluding hydrogens is 239 g/mol. The van der Waals surface area contributed by atoms with E-state index in [-0.39, 0.29) is 13.2 Å². The summed E-state index contributed by atoms with van der Waals surface area (Å²) in [5, 5.41) is 2.42. The number of amides is 1. The summed E-state index contributed by atoms with van der Waals surface area (Å²) in [5.74, 6) is 0.0607. The summed E-state index contributed by atoms with van der Waals surface area (Å²) in [4.78, 5) is 11.4. The van der Waals surface area contributed by atoms with Crippen molar-refractivity contribution < 1.29 is 27.1 Å². The molecule has 0 aliphatic rings. The van der Waals surface area contributed by atoms with Crippen LogP contribution >= 0.6 is 0 Å². The van der Waals surface area contributed by atoms with Crippen LogP contribution < -0.4 is 5.32 Å². The average Bonchev–Trinajstić information content (AvgIpc) is 2.62. The van der Waals surface area contributed by atoms with Crippen molar-refractivity contribution in [3.05, 3.63) is 23.7 Å². The molecule has 0 spiro atoms. The van der Waals surface area contributed by atoms with Crippen LogP contribution in [0.5, 0.6) is 0 Å². The lowest BCUT2D eigenvalue weighted by atomic mass is 10.2. The summed E-state index contributed by atoms with van der Waals surface area (Å²) in [7, 11) is 0. The fourth-order valence-corrected chi connectivity index (χ4v) is 1.14. The molecule has 0 unspecified atom stereocenters. The quantitative estimate of drug-likeness (QED) is 0.813. The Bertz CT molecular complexity index is 373. The van der Waals surface area contributed by atoms with E-state index < -0.39 is 18.7 Å². The van der Waals surface area contributed by atoms with Gasteiger partial charge < -0.3 is 14.5 Å². The van der Waals surface area contributed by atoms with Crippen molar-refractivity contribution in [1.82, 2.24) is 5.32 Å². The zero-order chi connectivity index (χ0) is 12.9. The number of hydrogen-bond acceptors (Lipinski definition) is 3. The summed E-state index contributed by atoms with van der Waals surface area (Å²) in [6, 6.07) is 1.49. The highest BCUT2D eigenvalue weighted by Crippen LogP contribution is 2.14. The zero-order valence-corrected chi connectivity index (χ0v) is 9.13. The van der Waals surface area contributed by atoms with Gasteiger partial charge in [0.15, 0.2) is 0 Å². The Balaban J connectivity index is 2.20. The summed E-state index contributed by atoms with van der Waals surface area (Å²) in [6.07, 6.45) is -2.98. The Morgan fingerprint density at radius 1 is 1.53 bits per heavy atom. The van der Waals surface area contributed by atoms with Gasteiger partial charge in [-0.2, -0.15) is 13.2 Å². The third-order valence-corrected chi connectivity index (χ3v) is 1.90. The van der Waals surface area contributed by atoms with E-state index >= 15 is 0 Å². The number of rotatable bonds is 5. The smallest absolute Gasteiger partial charge is 0.411 e. The molecule has 0 atom stereocenters. The number of nitrogens with one attached hydrogen (secondary N) is 1. The number of hydrogen-bond donors (Lipinski definition) is 1. The SMILES string of the molecule is Cc1occc1C(=O)NCCOCC(F)(F)F. The van der Waals surface area contributed by atoms with Gasteiger partial charge in [-0.25, -0.2) is 0 Å². The maximum absolute atomic E-state index is 11.7. The van der Waals surface area contributed by atoms with Gasteiger partial charge in [0.25, 0.3) is 5.91 Å². The maximum atomic E-state index is 11.7. The van der Waals surface area contributed by atoms with Crippen LogP contribution in [0.3, 0.4) is 0 Å². The van der Waals surface area contributed by atoms with Gasteiger partial charge in [-0.1, -0.05) is 0 Å². The van der Waals surface area contributed by atoms with Gasteiger partial charge in [0.2, 0.25) is 0 Å². The Morgan fingerprint density at radius 2 is 2.24 bits per heavy atom. The van der Waals surface area contributed by atoms with Crippen LogP contribution in [0.4, 0.5) is 13.2 Å². The van der Waals surface area contributed by atoms with Crippen molar-refractivity contribution in [3.8, 4) is 0 Å². The molecule has 0 aliphatic heterocycles. The Hall–Kier alpha value is -1.50. The van der Waals surface area contributed by atoms with Crippen molar-refractivity contribution in [3.63, 3.8) is 0 Å². The second kappa shape index (κ2) is 5.72. The fourth-order valence-electron chi connectivity index (χ4n) is 1.14. The molecule has 7 heteroatoms. The van der Waals surface area contributed by atoms with Crippen LogP contribution in [0.1, 0.15) is 16.1 Å². The summed E-state index contributed by atoms with van der Waals surface area (Å²) in [6.45, 7) is 0.129. The second-order valence-corrected chi connectivity index (χ2v) is 3.31. The molecule has 1 N–H and O–H groups in total. The number of carbonyl (C=O) groups is 1. The molecule has 0 aromatic carbocycles. The van der Waals surface area contributed by atoms with Crippen molar-refractivity contribution in [2.75, 3.05) is 19.8 Å². The molecule has 0 saturated carbocycles. The number of furan rings is 1. The van der Waals surface area contributed by atoms with E-state index in [0.29, 0.717) is 11.3 Å². The van der Waals surface area contributed by atoms with Crippen LogP contribution in [0.15, 0.2) is 16.7 Å². The molecule has 0 fully saturated rings. The van der Waals surface area contributed by atoms with E-state index in [2.05, 4.69) is 10.1 Å². The predicted molar refractivity (Wildman–Crippen MR) is 52.7 cm³/mol. The molecule has 1 aromatic rings. The van der Waals surface area contributed by atoms with Crippen LogP contribution in [-0.2, 0) is 4.74 Å². The Kier molecular flexibility index (Phi) is 4.56. The van der Waals surface area contributed by atoms with E-state index in [1.807, 2.05) is 0 Å². The normalized spacial score (nSPS) is 11.5. The summed E-state index contributed by atoms with van der Waals surface area (Å²) < 4.78 is 44.3. The lowest BCUT2D eigenvalue weighted by Gasteiger charge is -2.08. The first-order valence-electron chi connectivity index (χ1n) is 4.87. The van der Waals surface area contributed by atoms with E-state index in [4.69, 9.17) is 4.42 Å². The van der Waals surface area contributed by atoms with E-state index in [9.17, 15) is 18.0 Å². The fraction of sp³-hybridized carbons (Fsp3) is 0.500. The molecule has 0 aliphatic carbocycles. The molecule has 1 heterocycles. The molecule has 1 amide bonds. The van der Waals surface area contributed by atoms with Crippen LogP contribution in [0.25, 0.3) is 0 Å². The first-order chi connectivity index (χ1) is 7.90. The molecule has 96 valence electrons. The van der Waals surface area contributed by atoms with Gasteiger partial charge in [-0.05, 0) is 13.0 Å². The number of alkyl halides is 3. The minimum Gasteiger partial charge on any atom is -0.469 e. The van der Waals surface area contributed by atoms with E-state index in [0.717, 1.165) is 0 Å². The average molecular weight is 251 g/mol. The summed E-state index contributed by atoms with van der Waals surface area (Å²) >= 11 is 0. The first kappa shape index (κ1) is 13.6. The van der Waals surface area contributed by atoms with Crippen molar-refractivity contribution in [2.45, 2.75) is 13.1 Å². The van der Waals surface area contributed by atoms with Gasteiger partial charge in [0, 0.05) is 6.54 Å². The molecule has 1 aromatic heterocycles. The monoisotopic (exact) mass is 251 g/mol. The highest BCUT2D eigenvalue weighted by molar-refractivity contribution is 5.94. The second-order valence-electron chi connectivity index (χ2n) is 3.31. The van der Waals surface area contributed by atoms with Crippen molar-refractivity contribution in [1.29, 1.82) is 0 Å². The highest BCUT2D eigenvalue weighted by atomic mass is 19.4. The highest BCUT2D eigenvalue weighted by Gasteiger charge is 2.27. The minimum atomic E-state index is -4.34. The van der Waals surface area contributed by atoms with Gasteiger partial charge in [-0.3, -0.25) is 4.79 Å². The summed E-state index contributed by atoms with van der Waals surface area (Å²) in [5.41, 5.74) is 0.362. The number of ether oxygens (including phenoxy) is 1. The number of halogens is 3. The first-order valence-corrected chi connectivity index (χ1v) is 4.87. The molecule has 0 radical (unpaired) electrons. The molecule has 4 nitrogen and oxygen atoms in total. The van der Waals surface area contributed by atoms with E-state index in [1.165, 1.54) is 12.3 Å².